The van der Waals surface area contributed by atoms with E-state index in [4.69, 9.17) is 0 Å². The number of hydrogen-bond donors (Lipinski definition) is 2. The molecule has 0 aromatic carbocycles. The molecule has 2 fully saturated rings. The van der Waals surface area contributed by atoms with E-state index in [1.807, 2.05) is 0 Å². The fourth-order valence-corrected chi connectivity index (χ4v) is 2.25. The first-order chi connectivity index (χ1) is 7.05. The summed E-state index contributed by atoms with van der Waals surface area (Å²) in [5.74, 6) is -0.671. The number of nitrogens with one attached hydrogen (secondary N) is 1. The number of rotatable bonds is 3. The Bertz CT molecular complexity index is 301. The molecule has 5 nitrogen and oxygen atoms in total. The lowest BCUT2D eigenvalue weighted by Crippen LogP contribution is -2.61. The molecule has 2 N–H and O–H groups in total. The zero-order valence-electron chi connectivity index (χ0n) is 8.82. The normalized spacial score (nSPS) is 26.9. The summed E-state index contributed by atoms with van der Waals surface area (Å²) in [6, 6.07) is 0. The summed E-state index contributed by atoms with van der Waals surface area (Å²) in [7, 11) is 0. The number of carboxylic acids is 1. The molecular weight excluding hydrogens is 196 g/mol. The maximum atomic E-state index is 11.3. The van der Waals surface area contributed by atoms with Crippen LogP contribution in [0.2, 0.25) is 0 Å². The second-order valence-corrected chi connectivity index (χ2v) is 4.50. The highest BCUT2D eigenvalue weighted by Gasteiger charge is 2.52. The fourth-order valence-electron chi connectivity index (χ4n) is 2.25. The van der Waals surface area contributed by atoms with Crippen molar-refractivity contribution in [3.05, 3.63) is 0 Å². The van der Waals surface area contributed by atoms with E-state index in [0.717, 1.165) is 12.8 Å². The zero-order valence-corrected chi connectivity index (χ0v) is 8.82. The van der Waals surface area contributed by atoms with Gasteiger partial charge in [-0.3, -0.25) is 14.5 Å². The molecule has 0 bridgehead atoms. The van der Waals surface area contributed by atoms with Crippen LogP contribution in [-0.2, 0) is 9.59 Å². The minimum atomic E-state index is -0.849. The van der Waals surface area contributed by atoms with Gasteiger partial charge in [0.1, 0.15) is 5.54 Å². The van der Waals surface area contributed by atoms with Crippen molar-refractivity contribution < 1.29 is 14.7 Å². The topological polar surface area (TPSA) is 69.6 Å². The molecule has 1 heterocycles. The van der Waals surface area contributed by atoms with Crippen molar-refractivity contribution in [2.24, 2.45) is 5.92 Å². The van der Waals surface area contributed by atoms with Gasteiger partial charge in [-0.15, -0.1) is 0 Å². The van der Waals surface area contributed by atoms with E-state index in [2.05, 4.69) is 5.32 Å². The van der Waals surface area contributed by atoms with Crippen LogP contribution in [0, 0.1) is 5.92 Å². The molecular formula is C10H16N2O3. The predicted molar refractivity (Wildman–Crippen MR) is 53.3 cm³/mol. The lowest BCUT2D eigenvalue weighted by molar-refractivity contribution is -0.154. The highest BCUT2D eigenvalue weighted by Crippen LogP contribution is 2.43. The molecule has 2 aliphatic rings. The van der Waals surface area contributed by atoms with Gasteiger partial charge in [0.25, 0.3) is 0 Å². The molecule has 0 spiro atoms. The van der Waals surface area contributed by atoms with Crippen molar-refractivity contribution in [1.29, 1.82) is 0 Å². The summed E-state index contributed by atoms with van der Waals surface area (Å²) >= 11 is 0. The molecule has 1 saturated carbocycles. The van der Waals surface area contributed by atoms with Crippen LogP contribution in [0.15, 0.2) is 0 Å². The van der Waals surface area contributed by atoms with Gasteiger partial charge in [-0.25, -0.2) is 0 Å². The van der Waals surface area contributed by atoms with Crippen molar-refractivity contribution in [2.45, 2.75) is 25.3 Å². The van der Waals surface area contributed by atoms with Gasteiger partial charge in [0, 0.05) is 13.1 Å². The molecule has 0 aromatic heterocycles. The molecule has 5 heteroatoms. The molecule has 0 radical (unpaired) electrons. The number of piperazine rings is 1. The Labute approximate surface area is 88.4 Å². The summed E-state index contributed by atoms with van der Waals surface area (Å²) < 4.78 is 0. The number of amides is 1. The van der Waals surface area contributed by atoms with Crippen LogP contribution < -0.4 is 5.32 Å². The van der Waals surface area contributed by atoms with Crippen LogP contribution in [0.5, 0.6) is 0 Å². The number of carbonyl (C=O) groups excluding carboxylic acids is 1. The summed E-state index contributed by atoms with van der Waals surface area (Å²) in [6.07, 6.45) is 1.92. The average Bonchev–Trinajstić information content (AvgIpc) is 2.99. The van der Waals surface area contributed by atoms with E-state index in [0.29, 0.717) is 13.1 Å². The van der Waals surface area contributed by atoms with Gasteiger partial charge < -0.3 is 10.4 Å². The lowest BCUT2D eigenvalue weighted by atomic mass is 9.92. The second kappa shape index (κ2) is 3.48. The van der Waals surface area contributed by atoms with E-state index >= 15 is 0 Å². The summed E-state index contributed by atoms with van der Waals surface area (Å²) in [5.41, 5.74) is -0.849. The molecule has 15 heavy (non-hydrogen) atoms. The number of aliphatic carboxylic acids is 1. The fraction of sp³-hybridized carbons (Fsp3) is 0.800. The SMILES string of the molecule is CC(C(=O)O)(C1CC1)N1CCNC(=O)C1. The Hall–Kier alpha value is -1.10. The van der Waals surface area contributed by atoms with E-state index in [-0.39, 0.29) is 18.4 Å². The van der Waals surface area contributed by atoms with Crippen LogP contribution in [0.3, 0.4) is 0 Å². The van der Waals surface area contributed by atoms with Crippen molar-refractivity contribution in [2.75, 3.05) is 19.6 Å². The molecule has 1 aliphatic carbocycles. The first kappa shape index (κ1) is 10.4. The molecule has 1 saturated heterocycles. The molecule has 1 atom stereocenters. The lowest BCUT2D eigenvalue weighted by Gasteiger charge is -2.40. The maximum absolute atomic E-state index is 11.3. The molecule has 2 rings (SSSR count). The first-order valence-corrected chi connectivity index (χ1v) is 5.30. The number of carbonyl (C=O) groups is 2. The zero-order chi connectivity index (χ0) is 11.1. The van der Waals surface area contributed by atoms with Crippen LogP contribution in [-0.4, -0.2) is 47.1 Å². The molecule has 1 amide bonds. The molecule has 1 unspecified atom stereocenters. The summed E-state index contributed by atoms with van der Waals surface area (Å²) in [4.78, 5) is 24.4. The molecule has 0 aromatic rings. The Kier molecular flexibility index (Phi) is 2.42. The molecule has 84 valence electrons. The van der Waals surface area contributed by atoms with Crippen LogP contribution in [0.1, 0.15) is 19.8 Å². The maximum Gasteiger partial charge on any atom is 0.324 e. The van der Waals surface area contributed by atoms with Gasteiger partial charge in [0.2, 0.25) is 5.91 Å². The first-order valence-electron chi connectivity index (χ1n) is 5.30. The van der Waals surface area contributed by atoms with E-state index in [9.17, 15) is 14.7 Å². The van der Waals surface area contributed by atoms with Crippen molar-refractivity contribution in [3.63, 3.8) is 0 Å². The highest BCUT2D eigenvalue weighted by atomic mass is 16.4. The standard InChI is InChI=1S/C10H16N2O3/c1-10(9(14)15,7-2-3-7)12-5-4-11-8(13)6-12/h7H,2-6H2,1H3,(H,11,13)(H,14,15). The quantitative estimate of drug-likeness (QED) is 0.672. The third kappa shape index (κ3) is 1.71. The van der Waals surface area contributed by atoms with Gasteiger partial charge >= 0.3 is 5.97 Å². The number of hydrogen-bond acceptors (Lipinski definition) is 3. The predicted octanol–water partition coefficient (Wildman–Crippen LogP) is -0.328. The minimum absolute atomic E-state index is 0.0747. The van der Waals surface area contributed by atoms with E-state index in [1.54, 1.807) is 11.8 Å². The average molecular weight is 212 g/mol. The third-order valence-electron chi connectivity index (χ3n) is 3.50. The number of nitrogens with zero attached hydrogens (tertiary/aromatic N) is 1. The summed E-state index contributed by atoms with van der Waals surface area (Å²) in [6.45, 7) is 3.13. The Morgan fingerprint density at radius 2 is 2.27 bits per heavy atom. The van der Waals surface area contributed by atoms with Crippen molar-refractivity contribution >= 4 is 11.9 Å². The smallest absolute Gasteiger partial charge is 0.324 e. The van der Waals surface area contributed by atoms with Gasteiger partial charge in [-0.1, -0.05) is 0 Å². The van der Waals surface area contributed by atoms with Crippen molar-refractivity contribution in [3.8, 4) is 0 Å². The third-order valence-corrected chi connectivity index (χ3v) is 3.50. The largest absolute Gasteiger partial charge is 0.480 e. The van der Waals surface area contributed by atoms with Gasteiger partial charge in [0.05, 0.1) is 6.54 Å². The molecule has 1 aliphatic heterocycles. The Morgan fingerprint density at radius 1 is 1.60 bits per heavy atom. The van der Waals surface area contributed by atoms with Crippen LogP contribution in [0.25, 0.3) is 0 Å². The minimum Gasteiger partial charge on any atom is -0.480 e. The highest BCUT2D eigenvalue weighted by molar-refractivity contribution is 5.83. The Morgan fingerprint density at radius 3 is 2.73 bits per heavy atom. The van der Waals surface area contributed by atoms with Gasteiger partial charge in [-0.05, 0) is 25.7 Å². The van der Waals surface area contributed by atoms with E-state index < -0.39 is 11.5 Å². The second-order valence-electron chi connectivity index (χ2n) is 4.50. The Balaban J connectivity index is 2.16. The summed E-state index contributed by atoms with van der Waals surface area (Å²) in [5, 5.41) is 12.0. The van der Waals surface area contributed by atoms with Crippen LogP contribution in [0.4, 0.5) is 0 Å². The monoisotopic (exact) mass is 212 g/mol. The van der Waals surface area contributed by atoms with Crippen LogP contribution >= 0.6 is 0 Å². The van der Waals surface area contributed by atoms with Gasteiger partial charge in [0.15, 0.2) is 0 Å². The van der Waals surface area contributed by atoms with E-state index in [1.165, 1.54) is 0 Å². The number of carboxylic acid groups (broad SMARTS) is 1. The van der Waals surface area contributed by atoms with Crippen molar-refractivity contribution in [1.82, 2.24) is 10.2 Å². The van der Waals surface area contributed by atoms with Gasteiger partial charge in [-0.2, -0.15) is 0 Å².